The first-order chi connectivity index (χ1) is 20.5. The van der Waals surface area contributed by atoms with Crippen molar-refractivity contribution in [3.05, 3.63) is 138 Å². The molecule has 2 aromatic heterocycles. The quantitative estimate of drug-likeness (QED) is 0.192. The van der Waals surface area contributed by atoms with Gasteiger partial charge in [-0.05, 0) is 91.6 Å². The number of pyridine rings is 2. The molecule has 4 nitrogen and oxygen atoms in total. The third-order valence-electron chi connectivity index (χ3n) is 8.01. The molecule has 0 saturated carbocycles. The number of benzene rings is 3. The molecule has 3 heterocycles. The normalized spacial score (nSPS) is 14.2. The van der Waals surface area contributed by atoms with E-state index < -0.39 is 0 Å². The van der Waals surface area contributed by atoms with Gasteiger partial charge in [-0.25, -0.2) is 8.78 Å². The lowest BCUT2D eigenvalue weighted by Crippen LogP contribution is -2.44. The van der Waals surface area contributed by atoms with E-state index in [1.807, 2.05) is 30.6 Å². The molecule has 42 heavy (non-hydrogen) atoms. The number of halogens is 2. The van der Waals surface area contributed by atoms with Gasteiger partial charge in [-0.3, -0.25) is 14.9 Å². The summed E-state index contributed by atoms with van der Waals surface area (Å²) >= 11 is 0. The fourth-order valence-corrected chi connectivity index (χ4v) is 5.77. The highest BCUT2D eigenvalue weighted by atomic mass is 19.1. The molecule has 0 N–H and O–H groups in total. The van der Waals surface area contributed by atoms with Crippen LogP contribution in [0.25, 0.3) is 22.5 Å². The average Bonchev–Trinajstić information content (AvgIpc) is 3.01. The molecule has 212 valence electrons. The van der Waals surface area contributed by atoms with Gasteiger partial charge in [0.2, 0.25) is 0 Å². The lowest BCUT2D eigenvalue weighted by atomic mass is 10.00. The highest BCUT2D eigenvalue weighted by molar-refractivity contribution is 5.61. The molecule has 1 fully saturated rings. The minimum absolute atomic E-state index is 0.253. The van der Waals surface area contributed by atoms with E-state index in [0.29, 0.717) is 6.04 Å². The second kappa shape index (κ2) is 12.6. The molecule has 3 aromatic carbocycles. The highest BCUT2D eigenvalue weighted by Gasteiger charge is 2.25. The van der Waals surface area contributed by atoms with Gasteiger partial charge in [0.25, 0.3) is 0 Å². The number of anilines is 1. The number of rotatable bonds is 8. The second-order valence-corrected chi connectivity index (χ2v) is 11.1. The van der Waals surface area contributed by atoms with Crippen molar-refractivity contribution < 1.29 is 8.78 Å². The van der Waals surface area contributed by atoms with E-state index in [-0.39, 0.29) is 11.6 Å². The maximum atomic E-state index is 13.9. The van der Waals surface area contributed by atoms with Crippen LogP contribution in [-0.2, 0) is 13.1 Å². The fraction of sp³-hybridized carbons (Fsp3) is 0.222. The van der Waals surface area contributed by atoms with Crippen molar-refractivity contribution in [2.75, 3.05) is 18.0 Å². The Morgan fingerprint density at radius 1 is 0.714 bits per heavy atom. The van der Waals surface area contributed by atoms with Crippen LogP contribution in [0.15, 0.2) is 109 Å². The molecule has 1 aliphatic heterocycles. The van der Waals surface area contributed by atoms with Crippen LogP contribution in [0.4, 0.5) is 14.5 Å². The summed E-state index contributed by atoms with van der Waals surface area (Å²) in [5.74, 6) is -0.512. The molecule has 0 amide bonds. The van der Waals surface area contributed by atoms with Crippen LogP contribution in [-0.4, -0.2) is 34.0 Å². The summed E-state index contributed by atoms with van der Waals surface area (Å²) in [6.45, 7) is 5.66. The zero-order valence-electron chi connectivity index (χ0n) is 23.8. The monoisotopic (exact) mass is 560 g/mol. The highest BCUT2D eigenvalue weighted by Crippen LogP contribution is 2.28. The van der Waals surface area contributed by atoms with Gasteiger partial charge in [-0.1, -0.05) is 42.0 Å². The SMILES string of the molecule is Cc1ccc(N(Cc2ccnc(-c3cccc(F)c3)c2)C2CCN(Cc3ccnc(-c4cccc(F)c4)c3)CC2)cc1. The summed E-state index contributed by atoms with van der Waals surface area (Å²) in [6.07, 6.45) is 5.71. The third kappa shape index (κ3) is 6.72. The summed E-state index contributed by atoms with van der Waals surface area (Å²) < 4.78 is 27.6. The maximum Gasteiger partial charge on any atom is 0.123 e. The fourth-order valence-electron chi connectivity index (χ4n) is 5.77. The predicted octanol–water partition coefficient (Wildman–Crippen LogP) is 8.07. The predicted molar refractivity (Wildman–Crippen MR) is 165 cm³/mol. The molecule has 0 radical (unpaired) electrons. The van der Waals surface area contributed by atoms with Gasteiger partial charge in [0, 0.05) is 61.4 Å². The first-order valence-electron chi connectivity index (χ1n) is 14.5. The number of likely N-dealkylation sites (tertiary alicyclic amines) is 1. The Morgan fingerprint density at radius 3 is 1.88 bits per heavy atom. The molecular weight excluding hydrogens is 526 g/mol. The summed E-state index contributed by atoms with van der Waals surface area (Å²) in [4.78, 5) is 14.0. The summed E-state index contributed by atoms with van der Waals surface area (Å²) in [5.41, 5.74) is 7.92. The van der Waals surface area contributed by atoms with Gasteiger partial charge < -0.3 is 4.90 Å². The Kier molecular flexibility index (Phi) is 8.33. The Labute approximate surface area is 246 Å². The standard InChI is InChI=1S/C36H34F2N4/c1-26-8-10-33(11-9-26)42(25-28-13-17-40-36(21-28)30-5-3-7-32(38)23-30)34-14-18-41(19-15-34)24-27-12-16-39-35(20-27)29-4-2-6-31(37)22-29/h2-13,16-17,20-23,34H,14-15,18-19,24-25H2,1H3. The molecule has 1 saturated heterocycles. The maximum absolute atomic E-state index is 13.9. The van der Waals surface area contributed by atoms with Crippen LogP contribution in [0.5, 0.6) is 0 Å². The van der Waals surface area contributed by atoms with E-state index in [9.17, 15) is 8.78 Å². The largest absolute Gasteiger partial charge is 0.364 e. The van der Waals surface area contributed by atoms with E-state index in [4.69, 9.17) is 0 Å². The topological polar surface area (TPSA) is 32.3 Å². The lowest BCUT2D eigenvalue weighted by Gasteiger charge is -2.40. The van der Waals surface area contributed by atoms with Crippen molar-refractivity contribution >= 4 is 5.69 Å². The van der Waals surface area contributed by atoms with Crippen molar-refractivity contribution in [1.29, 1.82) is 0 Å². The number of aromatic nitrogens is 2. The molecule has 6 rings (SSSR count). The number of aryl methyl sites for hydroxylation is 1. The zero-order chi connectivity index (χ0) is 28.9. The second-order valence-electron chi connectivity index (χ2n) is 11.1. The smallest absolute Gasteiger partial charge is 0.123 e. The Balaban J connectivity index is 1.16. The van der Waals surface area contributed by atoms with Crippen LogP contribution in [0.2, 0.25) is 0 Å². The number of piperidine rings is 1. The van der Waals surface area contributed by atoms with Crippen LogP contribution >= 0.6 is 0 Å². The molecule has 0 aliphatic carbocycles. The van der Waals surface area contributed by atoms with E-state index in [1.165, 1.54) is 41.1 Å². The van der Waals surface area contributed by atoms with Gasteiger partial charge in [-0.15, -0.1) is 0 Å². The minimum atomic E-state index is -0.260. The summed E-state index contributed by atoms with van der Waals surface area (Å²) in [5, 5.41) is 0. The first kappa shape index (κ1) is 27.7. The van der Waals surface area contributed by atoms with Gasteiger partial charge in [0.15, 0.2) is 0 Å². The van der Waals surface area contributed by atoms with Crippen LogP contribution in [0.1, 0.15) is 29.5 Å². The number of hydrogen-bond donors (Lipinski definition) is 0. The van der Waals surface area contributed by atoms with Crippen molar-refractivity contribution in [1.82, 2.24) is 14.9 Å². The summed E-state index contributed by atoms with van der Waals surface area (Å²) in [6, 6.07) is 30.6. The van der Waals surface area contributed by atoms with Crippen LogP contribution < -0.4 is 4.90 Å². The third-order valence-corrected chi connectivity index (χ3v) is 8.01. The van der Waals surface area contributed by atoms with Gasteiger partial charge in [-0.2, -0.15) is 0 Å². The van der Waals surface area contributed by atoms with Crippen molar-refractivity contribution in [2.45, 2.75) is 38.9 Å². The molecule has 6 heteroatoms. The number of hydrogen-bond acceptors (Lipinski definition) is 4. The van der Waals surface area contributed by atoms with E-state index >= 15 is 0 Å². The minimum Gasteiger partial charge on any atom is -0.364 e. The molecule has 0 unspecified atom stereocenters. The number of nitrogens with zero attached hydrogens (tertiary/aromatic N) is 4. The molecule has 0 spiro atoms. The Bertz CT molecular complexity index is 1640. The van der Waals surface area contributed by atoms with Gasteiger partial charge in [0.05, 0.1) is 11.4 Å². The molecule has 5 aromatic rings. The Hall–Kier alpha value is -4.42. The lowest BCUT2D eigenvalue weighted by molar-refractivity contribution is 0.201. The summed E-state index contributed by atoms with van der Waals surface area (Å²) in [7, 11) is 0. The van der Waals surface area contributed by atoms with Crippen LogP contribution in [0.3, 0.4) is 0 Å². The first-order valence-corrected chi connectivity index (χ1v) is 14.5. The molecular formula is C36H34F2N4. The van der Waals surface area contributed by atoms with Gasteiger partial charge >= 0.3 is 0 Å². The molecule has 0 atom stereocenters. The van der Waals surface area contributed by atoms with Crippen molar-refractivity contribution in [3.63, 3.8) is 0 Å². The van der Waals surface area contributed by atoms with Gasteiger partial charge in [0.1, 0.15) is 11.6 Å². The van der Waals surface area contributed by atoms with E-state index in [0.717, 1.165) is 67.1 Å². The van der Waals surface area contributed by atoms with E-state index in [2.05, 4.69) is 69.2 Å². The molecule has 0 bridgehead atoms. The van der Waals surface area contributed by atoms with E-state index in [1.54, 1.807) is 12.1 Å². The van der Waals surface area contributed by atoms with Crippen molar-refractivity contribution in [3.8, 4) is 22.5 Å². The van der Waals surface area contributed by atoms with Crippen molar-refractivity contribution in [2.24, 2.45) is 0 Å². The zero-order valence-corrected chi connectivity index (χ0v) is 23.8. The van der Waals surface area contributed by atoms with Crippen LogP contribution in [0, 0.1) is 18.6 Å². The Morgan fingerprint density at radius 2 is 1.29 bits per heavy atom. The average molecular weight is 561 g/mol. The molecule has 1 aliphatic rings.